The molecule has 0 aliphatic rings. The SMILES string of the molecule is N/C(=N/O)c1cc(Br)ccc1Sc1cccc(Br)c1. The highest BCUT2D eigenvalue weighted by Gasteiger charge is 2.09. The topological polar surface area (TPSA) is 58.6 Å². The van der Waals surface area contributed by atoms with Gasteiger partial charge in [-0.2, -0.15) is 0 Å². The molecule has 0 atom stereocenters. The molecule has 3 N–H and O–H groups in total. The summed E-state index contributed by atoms with van der Waals surface area (Å²) in [5.41, 5.74) is 6.40. The largest absolute Gasteiger partial charge is 0.409 e. The molecule has 0 saturated carbocycles. The third-order valence-corrected chi connectivity index (χ3v) is 4.40. The summed E-state index contributed by atoms with van der Waals surface area (Å²) in [6, 6.07) is 13.6. The van der Waals surface area contributed by atoms with Gasteiger partial charge in [0.25, 0.3) is 0 Å². The highest BCUT2D eigenvalue weighted by molar-refractivity contribution is 9.10. The maximum atomic E-state index is 8.84. The zero-order chi connectivity index (χ0) is 13.8. The Morgan fingerprint density at radius 1 is 1.11 bits per heavy atom. The first-order chi connectivity index (χ1) is 9.10. The Morgan fingerprint density at radius 3 is 2.53 bits per heavy atom. The Labute approximate surface area is 132 Å². The maximum absolute atomic E-state index is 8.84. The van der Waals surface area contributed by atoms with Crippen molar-refractivity contribution in [1.82, 2.24) is 0 Å². The number of nitrogens with two attached hydrogens (primary N) is 1. The van der Waals surface area contributed by atoms with Crippen molar-refractivity contribution in [3.05, 3.63) is 57.0 Å². The molecule has 0 fully saturated rings. The van der Waals surface area contributed by atoms with Crippen molar-refractivity contribution >= 4 is 49.5 Å². The average Bonchev–Trinajstić information content (AvgIpc) is 2.40. The molecule has 98 valence electrons. The fourth-order valence-corrected chi connectivity index (χ4v) is 3.41. The molecule has 3 nitrogen and oxygen atoms in total. The molecule has 0 heterocycles. The Bertz CT molecular complexity index is 632. The molecule has 0 amide bonds. The van der Waals surface area contributed by atoms with Gasteiger partial charge >= 0.3 is 0 Å². The normalized spacial score (nSPS) is 11.6. The van der Waals surface area contributed by atoms with Gasteiger partial charge < -0.3 is 10.9 Å². The average molecular weight is 402 g/mol. The summed E-state index contributed by atoms with van der Waals surface area (Å²) < 4.78 is 1.90. The van der Waals surface area contributed by atoms with E-state index < -0.39 is 0 Å². The fourth-order valence-electron chi connectivity index (χ4n) is 1.50. The first kappa shape index (κ1) is 14.4. The van der Waals surface area contributed by atoms with Gasteiger partial charge in [0.15, 0.2) is 5.84 Å². The van der Waals surface area contributed by atoms with E-state index in [0.717, 1.165) is 18.7 Å². The van der Waals surface area contributed by atoms with E-state index in [9.17, 15) is 0 Å². The smallest absolute Gasteiger partial charge is 0.171 e. The van der Waals surface area contributed by atoms with Crippen LogP contribution in [0.4, 0.5) is 0 Å². The molecule has 0 spiro atoms. The van der Waals surface area contributed by atoms with Gasteiger partial charge in [0.1, 0.15) is 0 Å². The molecule has 2 aromatic carbocycles. The summed E-state index contributed by atoms with van der Waals surface area (Å²) in [5.74, 6) is 0.0961. The first-order valence-corrected chi connectivity index (χ1v) is 7.71. The summed E-state index contributed by atoms with van der Waals surface area (Å²) in [7, 11) is 0. The molecule has 0 saturated heterocycles. The number of hydrogen-bond donors (Lipinski definition) is 2. The predicted octanol–water partition coefficient (Wildman–Crippen LogP) is 4.46. The van der Waals surface area contributed by atoms with E-state index in [-0.39, 0.29) is 5.84 Å². The van der Waals surface area contributed by atoms with E-state index in [2.05, 4.69) is 37.0 Å². The second-order valence-electron chi connectivity index (χ2n) is 3.69. The first-order valence-electron chi connectivity index (χ1n) is 5.31. The lowest BCUT2D eigenvalue weighted by Crippen LogP contribution is -2.14. The van der Waals surface area contributed by atoms with Crippen LogP contribution in [0.1, 0.15) is 5.56 Å². The number of halogens is 2. The number of benzene rings is 2. The monoisotopic (exact) mass is 400 g/mol. The van der Waals surface area contributed by atoms with Gasteiger partial charge in [0.05, 0.1) is 0 Å². The minimum atomic E-state index is 0.0961. The van der Waals surface area contributed by atoms with Crippen LogP contribution in [0.2, 0.25) is 0 Å². The molecule has 19 heavy (non-hydrogen) atoms. The summed E-state index contributed by atoms with van der Waals surface area (Å²) in [5, 5.41) is 11.9. The molecule has 0 bridgehead atoms. The van der Waals surface area contributed by atoms with E-state index in [1.807, 2.05) is 42.5 Å². The lowest BCUT2D eigenvalue weighted by Gasteiger charge is -2.09. The van der Waals surface area contributed by atoms with E-state index in [4.69, 9.17) is 10.9 Å². The van der Waals surface area contributed by atoms with E-state index in [1.54, 1.807) is 11.8 Å². The van der Waals surface area contributed by atoms with Crippen molar-refractivity contribution in [2.45, 2.75) is 9.79 Å². The number of nitrogens with zero attached hydrogens (tertiary/aromatic N) is 1. The summed E-state index contributed by atoms with van der Waals surface area (Å²) in [6.07, 6.45) is 0. The number of oxime groups is 1. The maximum Gasteiger partial charge on any atom is 0.171 e. The lowest BCUT2D eigenvalue weighted by atomic mass is 10.2. The Morgan fingerprint density at radius 2 is 1.84 bits per heavy atom. The van der Waals surface area contributed by atoms with Gasteiger partial charge in [-0.1, -0.05) is 54.8 Å². The molecule has 2 rings (SSSR count). The zero-order valence-corrected chi connectivity index (χ0v) is 13.7. The molecule has 0 aliphatic carbocycles. The summed E-state index contributed by atoms with van der Waals surface area (Å²) >= 11 is 8.38. The van der Waals surface area contributed by atoms with Gasteiger partial charge in [-0.05, 0) is 36.4 Å². The van der Waals surface area contributed by atoms with Gasteiger partial charge in [-0.15, -0.1) is 0 Å². The lowest BCUT2D eigenvalue weighted by molar-refractivity contribution is 0.318. The van der Waals surface area contributed by atoms with Crippen LogP contribution >= 0.6 is 43.6 Å². The third-order valence-electron chi connectivity index (χ3n) is 2.35. The highest BCUT2D eigenvalue weighted by Crippen LogP contribution is 2.33. The van der Waals surface area contributed by atoms with E-state index in [1.165, 1.54) is 0 Å². The molecule has 2 aromatic rings. The quantitative estimate of drug-likeness (QED) is 0.345. The van der Waals surface area contributed by atoms with Crippen LogP contribution in [-0.2, 0) is 0 Å². The Hall–Kier alpha value is -0.980. The van der Waals surface area contributed by atoms with Crippen molar-refractivity contribution in [3.63, 3.8) is 0 Å². The van der Waals surface area contributed by atoms with Crippen molar-refractivity contribution in [1.29, 1.82) is 0 Å². The molecule has 0 radical (unpaired) electrons. The third kappa shape index (κ3) is 3.75. The number of amidine groups is 1. The molecular formula is C13H10Br2N2OS. The van der Waals surface area contributed by atoms with Crippen molar-refractivity contribution in [2.75, 3.05) is 0 Å². The van der Waals surface area contributed by atoms with E-state index >= 15 is 0 Å². The van der Waals surface area contributed by atoms with Gasteiger partial charge in [-0.25, -0.2) is 0 Å². The van der Waals surface area contributed by atoms with Crippen LogP contribution in [0, 0.1) is 0 Å². The van der Waals surface area contributed by atoms with Crippen LogP contribution in [-0.4, -0.2) is 11.0 Å². The molecule has 6 heteroatoms. The van der Waals surface area contributed by atoms with Crippen LogP contribution in [0.3, 0.4) is 0 Å². The summed E-state index contributed by atoms with van der Waals surface area (Å²) in [6.45, 7) is 0. The Kier molecular flexibility index (Phi) is 4.90. The fraction of sp³-hybridized carbons (Fsp3) is 0. The van der Waals surface area contributed by atoms with Gasteiger partial charge in [0.2, 0.25) is 0 Å². The Balaban J connectivity index is 2.40. The predicted molar refractivity (Wildman–Crippen MR) is 84.9 cm³/mol. The second kappa shape index (κ2) is 6.45. The molecular weight excluding hydrogens is 392 g/mol. The van der Waals surface area contributed by atoms with Crippen molar-refractivity contribution in [3.8, 4) is 0 Å². The summed E-state index contributed by atoms with van der Waals surface area (Å²) in [4.78, 5) is 2.00. The van der Waals surface area contributed by atoms with Crippen LogP contribution < -0.4 is 5.73 Å². The second-order valence-corrected chi connectivity index (χ2v) is 6.63. The van der Waals surface area contributed by atoms with Crippen LogP contribution in [0.25, 0.3) is 0 Å². The van der Waals surface area contributed by atoms with E-state index in [0.29, 0.717) is 5.56 Å². The van der Waals surface area contributed by atoms with Gasteiger partial charge in [0, 0.05) is 24.3 Å². The highest BCUT2D eigenvalue weighted by atomic mass is 79.9. The van der Waals surface area contributed by atoms with Crippen molar-refractivity contribution in [2.24, 2.45) is 10.9 Å². The van der Waals surface area contributed by atoms with Crippen LogP contribution in [0.15, 0.2) is 66.4 Å². The number of rotatable bonds is 3. The van der Waals surface area contributed by atoms with Gasteiger partial charge in [-0.3, -0.25) is 0 Å². The standard InChI is InChI=1S/C13H10Br2N2OS/c14-8-2-1-3-10(6-8)19-12-5-4-9(15)7-11(12)13(16)17-18/h1-7,18H,(H2,16,17). The minimum Gasteiger partial charge on any atom is -0.409 e. The van der Waals surface area contributed by atoms with Crippen molar-refractivity contribution < 1.29 is 5.21 Å². The molecule has 0 aliphatic heterocycles. The molecule has 0 aromatic heterocycles. The molecule has 0 unspecified atom stereocenters. The number of hydrogen-bond acceptors (Lipinski definition) is 3. The van der Waals surface area contributed by atoms with Crippen LogP contribution in [0.5, 0.6) is 0 Å². The minimum absolute atomic E-state index is 0.0961. The zero-order valence-electron chi connectivity index (χ0n) is 9.68.